The van der Waals surface area contributed by atoms with E-state index in [1.165, 1.54) is 28.8 Å². The van der Waals surface area contributed by atoms with Gasteiger partial charge in [-0.05, 0) is 34.7 Å². The highest BCUT2D eigenvalue weighted by molar-refractivity contribution is 6.04. The van der Waals surface area contributed by atoms with Crippen LogP contribution in [-0.4, -0.2) is 23.2 Å². The second-order valence-electron chi connectivity index (χ2n) is 7.06. The molecule has 3 rings (SSSR count). The number of nitrogens with zero attached hydrogens (tertiary/aromatic N) is 2. The minimum atomic E-state index is -0.415. The van der Waals surface area contributed by atoms with Crippen LogP contribution in [-0.2, 0) is 5.41 Å². The van der Waals surface area contributed by atoms with Gasteiger partial charge < -0.3 is 0 Å². The fourth-order valence-electron chi connectivity index (χ4n) is 2.74. The molecule has 0 aromatic heterocycles. The largest absolute Gasteiger partial charge is 0.274 e. The van der Waals surface area contributed by atoms with E-state index >= 15 is 0 Å². The molecule has 1 amide bonds. The molecule has 0 aliphatic carbocycles. The Morgan fingerprint density at radius 3 is 2.46 bits per heavy atom. The van der Waals surface area contributed by atoms with Crippen LogP contribution in [0, 0.1) is 5.82 Å². The summed E-state index contributed by atoms with van der Waals surface area (Å²) in [4.78, 5) is 12.4. The van der Waals surface area contributed by atoms with Crippen LogP contribution < -0.4 is 0 Å². The van der Waals surface area contributed by atoms with Gasteiger partial charge in [-0.2, -0.15) is 5.10 Å². The van der Waals surface area contributed by atoms with Crippen molar-refractivity contribution < 1.29 is 9.18 Å². The van der Waals surface area contributed by atoms with Crippen molar-refractivity contribution >= 4 is 11.6 Å². The molecule has 0 saturated heterocycles. The first-order chi connectivity index (χ1) is 11.3. The molecule has 0 radical (unpaired) electrons. The van der Waals surface area contributed by atoms with Crippen molar-refractivity contribution in [2.75, 3.05) is 6.54 Å². The summed E-state index contributed by atoms with van der Waals surface area (Å²) in [5.41, 5.74) is 3.61. The summed E-state index contributed by atoms with van der Waals surface area (Å²) in [6, 6.07) is 14.0. The minimum Gasteiger partial charge on any atom is -0.267 e. The van der Waals surface area contributed by atoms with Gasteiger partial charge in [0.1, 0.15) is 5.82 Å². The maximum atomic E-state index is 13.3. The van der Waals surface area contributed by atoms with Crippen molar-refractivity contribution in [2.24, 2.45) is 5.10 Å². The van der Waals surface area contributed by atoms with E-state index in [2.05, 4.69) is 50.1 Å². The fraction of sp³-hybridized carbons (Fsp3) is 0.300. The Balaban J connectivity index is 1.79. The lowest BCUT2D eigenvalue weighted by molar-refractivity contribution is 0.0778. The molecule has 124 valence electrons. The second-order valence-corrected chi connectivity index (χ2v) is 7.06. The van der Waals surface area contributed by atoms with Crippen molar-refractivity contribution in [2.45, 2.75) is 32.6 Å². The lowest BCUT2D eigenvalue weighted by Gasteiger charge is -2.19. The SMILES string of the molecule is CC(C)(C)c1ccc(C2=NN(C(=O)c3cccc(F)c3)CC2)cc1. The Labute approximate surface area is 141 Å². The molecule has 2 aromatic carbocycles. The van der Waals surface area contributed by atoms with Gasteiger partial charge in [0.15, 0.2) is 0 Å². The van der Waals surface area contributed by atoms with Gasteiger partial charge in [-0.1, -0.05) is 51.1 Å². The summed E-state index contributed by atoms with van der Waals surface area (Å²) in [6.07, 6.45) is 0.704. The molecule has 2 aromatic rings. The molecule has 3 nitrogen and oxygen atoms in total. The summed E-state index contributed by atoms with van der Waals surface area (Å²) >= 11 is 0. The van der Waals surface area contributed by atoms with Crippen LogP contribution in [0.1, 0.15) is 48.7 Å². The van der Waals surface area contributed by atoms with Crippen molar-refractivity contribution in [3.8, 4) is 0 Å². The molecule has 0 N–H and O–H groups in total. The summed E-state index contributed by atoms with van der Waals surface area (Å²) in [5.74, 6) is -0.683. The molecular weight excluding hydrogens is 303 g/mol. The Hall–Kier alpha value is -2.49. The highest BCUT2D eigenvalue weighted by Crippen LogP contribution is 2.24. The molecule has 1 heterocycles. The van der Waals surface area contributed by atoms with Crippen molar-refractivity contribution in [3.63, 3.8) is 0 Å². The third kappa shape index (κ3) is 3.37. The molecule has 1 aliphatic rings. The molecule has 0 unspecified atom stereocenters. The highest BCUT2D eigenvalue weighted by atomic mass is 19.1. The van der Waals surface area contributed by atoms with E-state index in [4.69, 9.17) is 0 Å². The van der Waals surface area contributed by atoms with Crippen LogP contribution in [0.25, 0.3) is 0 Å². The van der Waals surface area contributed by atoms with Crippen LogP contribution in [0.2, 0.25) is 0 Å². The first-order valence-electron chi connectivity index (χ1n) is 8.10. The van der Waals surface area contributed by atoms with E-state index in [1.54, 1.807) is 6.07 Å². The van der Waals surface area contributed by atoms with Crippen LogP contribution in [0.15, 0.2) is 53.6 Å². The summed E-state index contributed by atoms with van der Waals surface area (Å²) in [6.45, 7) is 7.04. The molecule has 0 bridgehead atoms. The zero-order valence-electron chi connectivity index (χ0n) is 14.2. The number of hydrogen-bond donors (Lipinski definition) is 0. The van der Waals surface area contributed by atoms with Crippen molar-refractivity contribution in [1.82, 2.24) is 5.01 Å². The number of benzene rings is 2. The summed E-state index contributed by atoms with van der Waals surface area (Å²) in [5, 5.41) is 5.85. The van der Waals surface area contributed by atoms with E-state index in [0.717, 1.165) is 11.3 Å². The van der Waals surface area contributed by atoms with E-state index < -0.39 is 5.82 Å². The first-order valence-corrected chi connectivity index (χ1v) is 8.10. The minimum absolute atomic E-state index is 0.107. The number of hydrazone groups is 1. The summed E-state index contributed by atoms with van der Waals surface area (Å²) in [7, 11) is 0. The molecule has 1 aliphatic heterocycles. The standard InChI is InChI=1S/C20H21FN2O/c1-20(2,3)16-9-7-14(8-10-16)18-11-12-23(22-18)19(24)15-5-4-6-17(21)13-15/h4-10,13H,11-12H2,1-3H3. The third-order valence-electron chi connectivity index (χ3n) is 4.19. The zero-order valence-corrected chi connectivity index (χ0v) is 14.2. The average Bonchev–Trinajstić information content (AvgIpc) is 3.03. The quantitative estimate of drug-likeness (QED) is 0.807. The number of amides is 1. The molecule has 0 saturated carbocycles. The van der Waals surface area contributed by atoms with Gasteiger partial charge in [0.2, 0.25) is 0 Å². The lowest BCUT2D eigenvalue weighted by atomic mass is 9.86. The van der Waals surface area contributed by atoms with E-state index in [9.17, 15) is 9.18 Å². The van der Waals surface area contributed by atoms with Gasteiger partial charge in [-0.3, -0.25) is 4.79 Å². The van der Waals surface area contributed by atoms with E-state index in [1.807, 2.05) is 0 Å². The fourth-order valence-corrected chi connectivity index (χ4v) is 2.74. The number of carbonyl (C=O) groups excluding carboxylic acids is 1. The topological polar surface area (TPSA) is 32.7 Å². The predicted octanol–water partition coefficient (Wildman–Crippen LogP) is 4.37. The zero-order chi connectivity index (χ0) is 17.3. The Bertz CT molecular complexity index is 788. The van der Waals surface area contributed by atoms with Crippen LogP contribution >= 0.6 is 0 Å². The van der Waals surface area contributed by atoms with Gasteiger partial charge in [0, 0.05) is 12.0 Å². The maximum absolute atomic E-state index is 13.3. The van der Waals surface area contributed by atoms with Gasteiger partial charge in [0.25, 0.3) is 5.91 Å². The highest BCUT2D eigenvalue weighted by Gasteiger charge is 2.23. The smallest absolute Gasteiger partial charge is 0.267 e. The molecule has 0 atom stereocenters. The number of halogens is 1. The maximum Gasteiger partial charge on any atom is 0.274 e. The van der Waals surface area contributed by atoms with Gasteiger partial charge in [-0.25, -0.2) is 9.40 Å². The third-order valence-corrected chi connectivity index (χ3v) is 4.19. The molecule has 0 spiro atoms. The van der Waals surface area contributed by atoms with E-state index in [0.29, 0.717) is 18.5 Å². The molecule has 4 heteroatoms. The predicted molar refractivity (Wildman–Crippen MR) is 93.7 cm³/mol. The Kier molecular flexibility index (Phi) is 4.22. The van der Waals surface area contributed by atoms with Crippen LogP contribution in [0.3, 0.4) is 0 Å². The molecular formula is C20H21FN2O. The number of carbonyl (C=O) groups is 1. The van der Waals surface area contributed by atoms with Gasteiger partial charge >= 0.3 is 0 Å². The van der Waals surface area contributed by atoms with Crippen molar-refractivity contribution in [3.05, 3.63) is 71.0 Å². The Morgan fingerprint density at radius 2 is 1.83 bits per heavy atom. The van der Waals surface area contributed by atoms with Crippen LogP contribution in [0.5, 0.6) is 0 Å². The summed E-state index contributed by atoms with van der Waals surface area (Å²) < 4.78 is 13.3. The Morgan fingerprint density at radius 1 is 1.12 bits per heavy atom. The van der Waals surface area contributed by atoms with Gasteiger partial charge in [0.05, 0.1) is 12.3 Å². The first kappa shape index (κ1) is 16.4. The lowest BCUT2D eigenvalue weighted by Crippen LogP contribution is -2.23. The normalized spacial score (nSPS) is 14.7. The molecule has 0 fully saturated rings. The second kappa shape index (κ2) is 6.19. The average molecular weight is 324 g/mol. The number of hydrogen-bond acceptors (Lipinski definition) is 2. The van der Waals surface area contributed by atoms with E-state index in [-0.39, 0.29) is 11.3 Å². The van der Waals surface area contributed by atoms with Crippen molar-refractivity contribution in [1.29, 1.82) is 0 Å². The van der Waals surface area contributed by atoms with Crippen LogP contribution in [0.4, 0.5) is 4.39 Å². The monoisotopic (exact) mass is 324 g/mol. The van der Waals surface area contributed by atoms with Gasteiger partial charge in [-0.15, -0.1) is 0 Å². The molecule has 24 heavy (non-hydrogen) atoms. The number of rotatable bonds is 2.